The van der Waals surface area contributed by atoms with E-state index in [4.69, 9.17) is 0 Å². The summed E-state index contributed by atoms with van der Waals surface area (Å²) >= 11 is 1.64. The fourth-order valence-electron chi connectivity index (χ4n) is 3.31. The van der Waals surface area contributed by atoms with Crippen molar-refractivity contribution in [2.75, 3.05) is 18.9 Å². The Bertz CT molecular complexity index is 921. The quantitative estimate of drug-likeness (QED) is 0.641. The highest BCUT2D eigenvalue weighted by Crippen LogP contribution is 2.38. The third-order valence-electron chi connectivity index (χ3n) is 4.61. The lowest BCUT2D eigenvalue weighted by Crippen LogP contribution is -2.43. The number of thiophene rings is 1. The van der Waals surface area contributed by atoms with Crippen molar-refractivity contribution in [1.82, 2.24) is 10.2 Å². The number of non-ortho nitro benzene ring substituents is 1. The zero-order valence-corrected chi connectivity index (χ0v) is 15.0. The SMILES string of the molecule is CN1CCc2c(sc3c2C(=O)NC(C=Cc2cccc([N+](=O)[O-])c2)N3)C1. The van der Waals surface area contributed by atoms with Crippen LogP contribution in [-0.2, 0) is 13.0 Å². The minimum absolute atomic E-state index is 0.0464. The first-order valence-corrected chi connectivity index (χ1v) is 9.16. The average molecular weight is 370 g/mol. The Morgan fingerprint density at radius 3 is 3.04 bits per heavy atom. The molecule has 1 unspecified atom stereocenters. The van der Waals surface area contributed by atoms with Crippen LogP contribution in [0.4, 0.5) is 10.7 Å². The molecule has 0 spiro atoms. The van der Waals surface area contributed by atoms with Gasteiger partial charge in [-0.3, -0.25) is 14.9 Å². The van der Waals surface area contributed by atoms with Crippen LogP contribution in [0.3, 0.4) is 0 Å². The number of rotatable bonds is 3. The van der Waals surface area contributed by atoms with Crippen LogP contribution in [0.15, 0.2) is 30.3 Å². The maximum atomic E-state index is 12.6. The second kappa shape index (κ2) is 6.54. The molecule has 26 heavy (non-hydrogen) atoms. The average Bonchev–Trinajstić information content (AvgIpc) is 2.97. The minimum atomic E-state index is -0.419. The van der Waals surface area contributed by atoms with Gasteiger partial charge in [0.05, 0.1) is 10.5 Å². The van der Waals surface area contributed by atoms with E-state index in [1.165, 1.54) is 17.0 Å². The van der Waals surface area contributed by atoms with Gasteiger partial charge in [0.15, 0.2) is 0 Å². The smallest absolute Gasteiger partial charge is 0.270 e. The van der Waals surface area contributed by atoms with Crippen molar-refractivity contribution in [3.05, 3.63) is 62.0 Å². The first-order chi connectivity index (χ1) is 12.5. The van der Waals surface area contributed by atoms with Crippen molar-refractivity contribution in [1.29, 1.82) is 0 Å². The third kappa shape index (κ3) is 3.09. The Morgan fingerprint density at radius 1 is 1.38 bits per heavy atom. The van der Waals surface area contributed by atoms with Gasteiger partial charge in [0.1, 0.15) is 11.2 Å². The van der Waals surface area contributed by atoms with Crippen LogP contribution in [0.25, 0.3) is 6.08 Å². The molecule has 0 bridgehead atoms. The van der Waals surface area contributed by atoms with Crippen LogP contribution >= 0.6 is 11.3 Å². The summed E-state index contributed by atoms with van der Waals surface area (Å²) in [5.41, 5.74) is 2.70. The van der Waals surface area contributed by atoms with Gasteiger partial charge in [-0.25, -0.2) is 0 Å². The molecule has 134 valence electrons. The molecular formula is C18H18N4O3S. The number of fused-ring (bicyclic) bond motifs is 3. The largest absolute Gasteiger partial charge is 0.353 e. The predicted octanol–water partition coefficient (Wildman–Crippen LogP) is 2.84. The summed E-state index contributed by atoms with van der Waals surface area (Å²) < 4.78 is 0. The first-order valence-electron chi connectivity index (χ1n) is 8.34. The Labute approximate surface area is 154 Å². The number of nitrogens with one attached hydrogen (secondary N) is 2. The molecule has 1 atom stereocenters. The van der Waals surface area contributed by atoms with Gasteiger partial charge in [-0.2, -0.15) is 0 Å². The molecular weight excluding hydrogens is 352 g/mol. The number of benzene rings is 1. The van der Waals surface area contributed by atoms with E-state index >= 15 is 0 Å². The fraction of sp³-hybridized carbons (Fsp3) is 0.278. The number of likely N-dealkylation sites (N-methyl/N-ethyl adjacent to an activating group) is 1. The summed E-state index contributed by atoms with van der Waals surface area (Å²) in [6.45, 7) is 1.83. The molecule has 2 N–H and O–H groups in total. The summed E-state index contributed by atoms with van der Waals surface area (Å²) in [5.74, 6) is -0.0607. The molecule has 0 saturated carbocycles. The summed E-state index contributed by atoms with van der Waals surface area (Å²) in [4.78, 5) is 26.5. The lowest BCUT2D eigenvalue weighted by atomic mass is 10.0. The van der Waals surface area contributed by atoms with Crippen molar-refractivity contribution in [3.63, 3.8) is 0 Å². The lowest BCUT2D eigenvalue weighted by molar-refractivity contribution is -0.384. The number of amides is 1. The minimum Gasteiger partial charge on any atom is -0.353 e. The summed E-state index contributed by atoms with van der Waals surface area (Å²) in [6, 6.07) is 6.40. The molecule has 1 aromatic carbocycles. The van der Waals surface area contributed by atoms with E-state index in [1.807, 2.05) is 6.08 Å². The van der Waals surface area contributed by atoms with E-state index in [0.29, 0.717) is 5.56 Å². The molecule has 1 amide bonds. The lowest BCUT2D eigenvalue weighted by Gasteiger charge is -2.25. The van der Waals surface area contributed by atoms with E-state index in [0.717, 1.165) is 35.6 Å². The van der Waals surface area contributed by atoms with Gasteiger partial charge in [0.2, 0.25) is 0 Å². The second-order valence-electron chi connectivity index (χ2n) is 6.50. The molecule has 7 nitrogen and oxygen atoms in total. The van der Waals surface area contributed by atoms with Gasteiger partial charge in [-0.05, 0) is 30.7 Å². The number of nitro benzene ring substituents is 1. The van der Waals surface area contributed by atoms with Gasteiger partial charge in [0.25, 0.3) is 11.6 Å². The van der Waals surface area contributed by atoms with E-state index < -0.39 is 4.92 Å². The van der Waals surface area contributed by atoms with E-state index in [-0.39, 0.29) is 17.8 Å². The van der Waals surface area contributed by atoms with Gasteiger partial charge < -0.3 is 15.5 Å². The van der Waals surface area contributed by atoms with Gasteiger partial charge in [-0.15, -0.1) is 11.3 Å². The normalized spacial score (nSPS) is 19.6. The molecule has 2 aromatic rings. The molecule has 0 aliphatic carbocycles. The number of nitro groups is 1. The van der Waals surface area contributed by atoms with Gasteiger partial charge in [0, 0.05) is 30.1 Å². The summed E-state index contributed by atoms with van der Waals surface area (Å²) in [5, 5.41) is 18.1. The number of hydrogen-bond acceptors (Lipinski definition) is 6. The monoisotopic (exact) mass is 370 g/mol. The Kier molecular flexibility index (Phi) is 4.21. The zero-order valence-electron chi connectivity index (χ0n) is 14.2. The van der Waals surface area contributed by atoms with Crippen LogP contribution in [0.2, 0.25) is 0 Å². The Hall–Kier alpha value is -2.71. The second-order valence-corrected chi connectivity index (χ2v) is 7.61. The first kappa shape index (κ1) is 16.7. The summed E-state index contributed by atoms with van der Waals surface area (Å²) in [6.07, 6.45) is 4.13. The molecule has 4 rings (SSSR count). The van der Waals surface area contributed by atoms with Gasteiger partial charge in [-0.1, -0.05) is 18.2 Å². The van der Waals surface area contributed by atoms with E-state index in [9.17, 15) is 14.9 Å². The highest BCUT2D eigenvalue weighted by Gasteiger charge is 2.31. The standard InChI is InChI=1S/C18H18N4O3S/c1-21-8-7-13-14(10-21)26-18-16(13)17(23)19-15(20-18)6-5-11-3-2-4-12(9-11)22(24)25/h2-6,9,15,20H,7-8,10H2,1H3,(H,19,23). The number of carbonyl (C=O) groups excluding carboxylic acids is 1. The fourth-order valence-corrected chi connectivity index (χ4v) is 4.67. The van der Waals surface area contributed by atoms with E-state index in [2.05, 4.69) is 22.6 Å². The Morgan fingerprint density at radius 2 is 2.23 bits per heavy atom. The van der Waals surface area contributed by atoms with E-state index in [1.54, 1.807) is 29.5 Å². The molecule has 0 fully saturated rings. The maximum absolute atomic E-state index is 12.6. The molecule has 1 aromatic heterocycles. The maximum Gasteiger partial charge on any atom is 0.270 e. The van der Waals surface area contributed by atoms with Crippen LogP contribution in [0.1, 0.15) is 26.4 Å². The van der Waals surface area contributed by atoms with Crippen molar-refractivity contribution in [2.24, 2.45) is 0 Å². The highest BCUT2D eigenvalue weighted by molar-refractivity contribution is 7.16. The topological polar surface area (TPSA) is 87.5 Å². The molecule has 2 aliphatic rings. The third-order valence-corrected chi connectivity index (χ3v) is 5.76. The molecule has 0 saturated heterocycles. The van der Waals surface area contributed by atoms with Crippen LogP contribution in [0.5, 0.6) is 0 Å². The molecule has 0 radical (unpaired) electrons. The molecule has 3 heterocycles. The number of nitrogens with zero attached hydrogens (tertiary/aromatic N) is 2. The van der Waals surface area contributed by atoms with Crippen molar-refractivity contribution in [2.45, 2.75) is 19.1 Å². The van der Waals surface area contributed by atoms with Crippen LogP contribution in [0, 0.1) is 10.1 Å². The van der Waals surface area contributed by atoms with Crippen LogP contribution in [-0.4, -0.2) is 35.5 Å². The van der Waals surface area contributed by atoms with Crippen molar-refractivity contribution >= 4 is 34.0 Å². The van der Waals surface area contributed by atoms with Crippen molar-refractivity contribution in [3.8, 4) is 0 Å². The van der Waals surface area contributed by atoms with Crippen LogP contribution < -0.4 is 10.6 Å². The summed E-state index contributed by atoms with van der Waals surface area (Å²) in [7, 11) is 2.08. The number of carbonyl (C=O) groups is 1. The molecule has 8 heteroatoms. The zero-order chi connectivity index (χ0) is 18.3. The molecule has 2 aliphatic heterocycles. The number of hydrogen-bond donors (Lipinski definition) is 2. The van der Waals surface area contributed by atoms with Gasteiger partial charge >= 0.3 is 0 Å². The predicted molar refractivity (Wildman–Crippen MR) is 101 cm³/mol. The van der Waals surface area contributed by atoms with Crippen molar-refractivity contribution < 1.29 is 9.72 Å². The Balaban J connectivity index is 1.55. The number of anilines is 1. The highest BCUT2D eigenvalue weighted by atomic mass is 32.1.